The number of urea groups is 1. The van der Waals surface area contributed by atoms with Crippen molar-refractivity contribution in [2.75, 3.05) is 39.3 Å². The van der Waals surface area contributed by atoms with E-state index in [1.807, 2.05) is 37.3 Å². The highest BCUT2D eigenvalue weighted by molar-refractivity contribution is 5.74. The fourth-order valence-electron chi connectivity index (χ4n) is 3.12. The zero-order valence-electron chi connectivity index (χ0n) is 16.9. The van der Waals surface area contributed by atoms with E-state index in [2.05, 4.69) is 10.3 Å². The van der Waals surface area contributed by atoms with Crippen molar-refractivity contribution >= 4 is 6.03 Å². The predicted octanol–water partition coefficient (Wildman–Crippen LogP) is 3.36. The number of pyridine rings is 1. The van der Waals surface area contributed by atoms with Gasteiger partial charge in [-0.25, -0.2) is 18.6 Å². The number of para-hydroxylation sites is 2. The van der Waals surface area contributed by atoms with Crippen molar-refractivity contribution in [2.24, 2.45) is 0 Å². The molecule has 0 bridgehead atoms. The first-order valence-electron chi connectivity index (χ1n) is 9.93. The third kappa shape index (κ3) is 6.28. The number of aromatic nitrogens is 1. The van der Waals surface area contributed by atoms with Gasteiger partial charge in [0.1, 0.15) is 0 Å². The van der Waals surface area contributed by atoms with Crippen LogP contribution in [0.5, 0.6) is 17.4 Å². The van der Waals surface area contributed by atoms with Crippen LogP contribution in [0.3, 0.4) is 0 Å². The minimum absolute atomic E-state index is 0.210. The van der Waals surface area contributed by atoms with Gasteiger partial charge in [0.15, 0.2) is 11.5 Å². The molecular formula is C21H26F2N4O3. The highest BCUT2D eigenvalue weighted by Gasteiger charge is 2.22. The number of hydrogen-bond acceptors (Lipinski definition) is 5. The average Bonchev–Trinajstić information content (AvgIpc) is 2.75. The molecule has 0 radical (unpaired) electrons. The summed E-state index contributed by atoms with van der Waals surface area (Å²) in [7, 11) is 0. The molecule has 0 saturated carbocycles. The first kappa shape index (κ1) is 21.8. The molecule has 1 fully saturated rings. The van der Waals surface area contributed by atoms with E-state index in [1.165, 1.54) is 0 Å². The molecule has 1 N–H and O–H groups in total. The Morgan fingerprint density at radius 3 is 2.50 bits per heavy atom. The molecule has 1 saturated heterocycles. The number of rotatable bonds is 8. The Morgan fingerprint density at radius 1 is 1.13 bits per heavy atom. The molecule has 2 aromatic rings. The quantitative estimate of drug-likeness (QED) is 0.709. The van der Waals surface area contributed by atoms with Crippen LogP contribution in [0.25, 0.3) is 0 Å². The van der Waals surface area contributed by atoms with E-state index < -0.39 is 6.43 Å². The van der Waals surface area contributed by atoms with Crippen molar-refractivity contribution in [1.82, 2.24) is 20.1 Å². The van der Waals surface area contributed by atoms with Gasteiger partial charge in [0.2, 0.25) is 5.88 Å². The van der Waals surface area contributed by atoms with E-state index in [0.717, 1.165) is 5.56 Å². The predicted molar refractivity (Wildman–Crippen MR) is 108 cm³/mol. The van der Waals surface area contributed by atoms with Crippen LogP contribution in [0.4, 0.5) is 13.6 Å². The summed E-state index contributed by atoms with van der Waals surface area (Å²) in [5.74, 6) is 1.65. The first-order valence-corrected chi connectivity index (χ1v) is 9.93. The third-order valence-corrected chi connectivity index (χ3v) is 4.66. The van der Waals surface area contributed by atoms with Gasteiger partial charge < -0.3 is 19.7 Å². The van der Waals surface area contributed by atoms with Crippen LogP contribution in [0.1, 0.15) is 12.5 Å². The molecule has 2 heterocycles. The van der Waals surface area contributed by atoms with E-state index in [1.54, 1.807) is 22.1 Å². The molecular weight excluding hydrogens is 394 g/mol. The van der Waals surface area contributed by atoms with Crippen LogP contribution >= 0.6 is 0 Å². The molecule has 162 valence electrons. The van der Waals surface area contributed by atoms with E-state index >= 15 is 0 Å². The number of halogens is 2. The van der Waals surface area contributed by atoms with Crippen molar-refractivity contribution in [3.05, 3.63) is 48.2 Å². The SMILES string of the molecule is CCOc1ccccc1Oc1ccc(CNC(=O)N2CCN(CC(F)F)CC2)cn1. The zero-order valence-corrected chi connectivity index (χ0v) is 16.9. The summed E-state index contributed by atoms with van der Waals surface area (Å²) in [4.78, 5) is 19.9. The lowest BCUT2D eigenvalue weighted by molar-refractivity contribution is 0.0636. The number of benzene rings is 1. The smallest absolute Gasteiger partial charge is 0.317 e. The molecule has 0 unspecified atom stereocenters. The summed E-state index contributed by atoms with van der Waals surface area (Å²) >= 11 is 0. The summed E-state index contributed by atoms with van der Waals surface area (Å²) in [5, 5.41) is 2.84. The largest absolute Gasteiger partial charge is 0.490 e. The minimum Gasteiger partial charge on any atom is -0.490 e. The molecule has 2 amide bonds. The topological polar surface area (TPSA) is 66.9 Å². The van der Waals surface area contributed by atoms with E-state index in [4.69, 9.17) is 9.47 Å². The minimum atomic E-state index is -2.35. The summed E-state index contributed by atoms with van der Waals surface area (Å²) < 4.78 is 36.2. The summed E-state index contributed by atoms with van der Waals surface area (Å²) in [6, 6.07) is 10.7. The third-order valence-electron chi connectivity index (χ3n) is 4.66. The number of hydrogen-bond donors (Lipinski definition) is 1. The van der Waals surface area contributed by atoms with Crippen molar-refractivity contribution in [3.8, 4) is 17.4 Å². The number of ether oxygens (including phenoxy) is 2. The highest BCUT2D eigenvalue weighted by atomic mass is 19.3. The van der Waals surface area contributed by atoms with Gasteiger partial charge in [-0.2, -0.15) is 0 Å². The Balaban J connectivity index is 1.46. The Morgan fingerprint density at radius 2 is 1.87 bits per heavy atom. The fourth-order valence-corrected chi connectivity index (χ4v) is 3.12. The Hall–Kier alpha value is -2.94. The molecule has 1 aromatic heterocycles. The van der Waals surface area contributed by atoms with Crippen LogP contribution in [0, 0.1) is 0 Å². The number of nitrogens with one attached hydrogen (secondary N) is 1. The summed E-state index contributed by atoms with van der Waals surface area (Å²) in [5.41, 5.74) is 0.824. The summed E-state index contributed by atoms with van der Waals surface area (Å²) in [6.07, 6.45) is -0.711. The highest BCUT2D eigenvalue weighted by Crippen LogP contribution is 2.30. The number of nitrogens with zero attached hydrogens (tertiary/aromatic N) is 3. The lowest BCUT2D eigenvalue weighted by Gasteiger charge is -2.34. The average molecular weight is 420 g/mol. The van der Waals surface area contributed by atoms with Crippen molar-refractivity contribution in [2.45, 2.75) is 19.9 Å². The van der Waals surface area contributed by atoms with Gasteiger partial charge >= 0.3 is 6.03 Å². The molecule has 30 heavy (non-hydrogen) atoms. The Bertz CT molecular complexity index is 812. The summed E-state index contributed by atoms with van der Waals surface area (Å²) in [6.45, 7) is 4.29. The maximum Gasteiger partial charge on any atom is 0.317 e. The molecule has 1 aromatic carbocycles. The van der Waals surface area contributed by atoms with Crippen LogP contribution in [-0.2, 0) is 6.54 Å². The Kier molecular flexibility index (Phi) is 7.78. The van der Waals surface area contributed by atoms with Crippen LogP contribution < -0.4 is 14.8 Å². The second-order valence-corrected chi connectivity index (χ2v) is 6.82. The van der Waals surface area contributed by atoms with Crippen LogP contribution in [0.2, 0.25) is 0 Å². The van der Waals surface area contributed by atoms with Gasteiger partial charge in [-0.3, -0.25) is 4.90 Å². The number of alkyl halides is 2. The fraction of sp³-hybridized carbons (Fsp3) is 0.429. The normalized spacial score (nSPS) is 14.6. The molecule has 0 spiro atoms. The Labute approximate surface area is 174 Å². The number of amides is 2. The van der Waals surface area contributed by atoms with E-state index in [0.29, 0.717) is 56.7 Å². The molecule has 7 nitrogen and oxygen atoms in total. The van der Waals surface area contributed by atoms with Gasteiger partial charge in [0.25, 0.3) is 6.43 Å². The number of carbonyl (C=O) groups excluding carboxylic acids is 1. The molecule has 0 atom stereocenters. The van der Waals surface area contributed by atoms with Gasteiger partial charge in [-0.1, -0.05) is 18.2 Å². The second kappa shape index (κ2) is 10.7. The first-order chi connectivity index (χ1) is 14.5. The zero-order chi connectivity index (χ0) is 21.3. The van der Waals surface area contributed by atoms with E-state index in [9.17, 15) is 13.6 Å². The standard InChI is InChI=1S/C21H26F2N4O3/c1-2-29-17-5-3-4-6-18(17)30-20-8-7-16(13-24-20)14-25-21(28)27-11-9-26(10-12-27)15-19(22)23/h3-8,13,19H,2,9-12,14-15H2,1H3,(H,25,28). The van der Waals surface area contributed by atoms with Crippen LogP contribution in [0.15, 0.2) is 42.6 Å². The van der Waals surface area contributed by atoms with Crippen LogP contribution in [-0.4, -0.2) is 66.6 Å². The monoisotopic (exact) mass is 420 g/mol. The molecule has 1 aliphatic rings. The maximum atomic E-state index is 12.4. The number of carbonyl (C=O) groups is 1. The second-order valence-electron chi connectivity index (χ2n) is 6.82. The van der Waals surface area contributed by atoms with Crippen molar-refractivity contribution in [1.29, 1.82) is 0 Å². The lowest BCUT2D eigenvalue weighted by atomic mass is 10.3. The molecule has 9 heteroatoms. The molecule has 1 aliphatic heterocycles. The number of piperazine rings is 1. The van der Waals surface area contributed by atoms with Gasteiger partial charge in [0.05, 0.1) is 13.2 Å². The van der Waals surface area contributed by atoms with Gasteiger partial charge in [-0.05, 0) is 24.6 Å². The lowest BCUT2D eigenvalue weighted by Crippen LogP contribution is -2.52. The van der Waals surface area contributed by atoms with E-state index in [-0.39, 0.29) is 12.6 Å². The van der Waals surface area contributed by atoms with Gasteiger partial charge in [-0.15, -0.1) is 0 Å². The van der Waals surface area contributed by atoms with Crippen molar-refractivity contribution < 1.29 is 23.0 Å². The molecule has 3 rings (SSSR count). The van der Waals surface area contributed by atoms with Gasteiger partial charge in [0, 0.05) is 45.0 Å². The molecule has 0 aliphatic carbocycles. The maximum absolute atomic E-state index is 12.4. The van der Waals surface area contributed by atoms with Crippen molar-refractivity contribution in [3.63, 3.8) is 0 Å².